The molecule has 0 saturated carbocycles. The molecule has 0 aliphatic rings. The van der Waals surface area contributed by atoms with E-state index in [0.29, 0.717) is 6.04 Å². The van der Waals surface area contributed by atoms with Crippen molar-refractivity contribution in [1.29, 1.82) is 0 Å². The molecule has 0 aliphatic carbocycles. The molecule has 2 rings (SSSR count). The van der Waals surface area contributed by atoms with E-state index in [1.165, 1.54) is 5.56 Å². The summed E-state index contributed by atoms with van der Waals surface area (Å²) in [5.74, 6) is 0.847. The highest BCUT2D eigenvalue weighted by Crippen LogP contribution is 2.17. The monoisotopic (exact) mass is 319 g/mol. The molecule has 1 aromatic carbocycles. The van der Waals surface area contributed by atoms with Gasteiger partial charge in [-0.25, -0.2) is 9.97 Å². The standard InChI is InChI=1S/C15H18BrN3/c1-11(2)17-8-12-9-18-15(19-10-12)7-13-5-3-4-6-14(13)16/h3-6,9-11,17H,7-8H2,1-2H3. The van der Waals surface area contributed by atoms with E-state index in [2.05, 4.69) is 51.1 Å². The number of hydrogen-bond acceptors (Lipinski definition) is 3. The van der Waals surface area contributed by atoms with Crippen LogP contribution in [-0.4, -0.2) is 16.0 Å². The summed E-state index contributed by atoms with van der Waals surface area (Å²) in [6, 6.07) is 8.63. The third-order valence-electron chi connectivity index (χ3n) is 2.78. The lowest BCUT2D eigenvalue weighted by molar-refractivity contribution is 0.586. The fourth-order valence-electron chi connectivity index (χ4n) is 1.70. The second-order valence-corrected chi connectivity index (χ2v) is 5.67. The minimum Gasteiger partial charge on any atom is -0.310 e. The maximum Gasteiger partial charge on any atom is 0.132 e. The first kappa shape index (κ1) is 14.2. The van der Waals surface area contributed by atoms with Gasteiger partial charge in [0.15, 0.2) is 0 Å². The fraction of sp³-hybridized carbons (Fsp3) is 0.333. The van der Waals surface area contributed by atoms with Crippen LogP contribution < -0.4 is 5.32 Å². The van der Waals surface area contributed by atoms with E-state index in [9.17, 15) is 0 Å². The number of benzene rings is 1. The van der Waals surface area contributed by atoms with Crippen LogP contribution in [0.2, 0.25) is 0 Å². The Labute approximate surface area is 122 Å². The maximum absolute atomic E-state index is 4.42. The van der Waals surface area contributed by atoms with E-state index >= 15 is 0 Å². The topological polar surface area (TPSA) is 37.8 Å². The van der Waals surface area contributed by atoms with Gasteiger partial charge in [-0.2, -0.15) is 0 Å². The van der Waals surface area contributed by atoms with Gasteiger partial charge in [0.1, 0.15) is 5.82 Å². The Morgan fingerprint density at radius 3 is 2.47 bits per heavy atom. The highest BCUT2D eigenvalue weighted by Gasteiger charge is 2.03. The lowest BCUT2D eigenvalue weighted by Gasteiger charge is -2.08. The number of nitrogens with zero attached hydrogens (tertiary/aromatic N) is 2. The van der Waals surface area contributed by atoms with Gasteiger partial charge in [-0.15, -0.1) is 0 Å². The summed E-state index contributed by atoms with van der Waals surface area (Å²) in [5.41, 5.74) is 2.32. The summed E-state index contributed by atoms with van der Waals surface area (Å²) in [7, 11) is 0. The molecule has 0 spiro atoms. The first-order valence-electron chi connectivity index (χ1n) is 6.41. The quantitative estimate of drug-likeness (QED) is 0.918. The van der Waals surface area contributed by atoms with Crippen LogP contribution in [-0.2, 0) is 13.0 Å². The summed E-state index contributed by atoms with van der Waals surface area (Å²) >= 11 is 3.54. The van der Waals surface area contributed by atoms with Crippen molar-refractivity contribution < 1.29 is 0 Å². The molecule has 0 atom stereocenters. The van der Waals surface area contributed by atoms with Crippen molar-refractivity contribution in [3.8, 4) is 0 Å². The van der Waals surface area contributed by atoms with Crippen molar-refractivity contribution in [1.82, 2.24) is 15.3 Å². The highest BCUT2D eigenvalue weighted by atomic mass is 79.9. The molecule has 1 aromatic heterocycles. The van der Waals surface area contributed by atoms with Crippen molar-refractivity contribution in [3.05, 3.63) is 58.1 Å². The Morgan fingerprint density at radius 1 is 1.16 bits per heavy atom. The average molecular weight is 320 g/mol. The van der Waals surface area contributed by atoms with Gasteiger partial charge in [-0.05, 0) is 11.6 Å². The van der Waals surface area contributed by atoms with Gasteiger partial charge in [0.2, 0.25) is 0 Å². The van der Waals surface area contributed by atoms with Gasteiger partial charge in [0.25, 0.3) is 0 Å². The Hall–Kier alpha value is -1.26. The van der Waals surface area contributed by atoms with Gasteiger partial charge >= 0.3 is 0 Å². The molecule has 0 saturated heterocycles. The summed E-state index contributed by atoms with van der Waals surface area (Å²) in [6.07, 6.45) is 4.54. The Morgan fingerprint density at radius 2 is 1.84 bits per heavy atom. The molecular formula is C15H18BrN3. The van der Waals surface area contributed by atoms with E-state index in [1.807, 2.05) is 30.6 Å². The summed E-state index contributed by atoms with van der Waals surface area (Å²) < 4.78 is 1.10. The van der Waals surface area contributed by atoms with E-state index in [-0.39, 0.29) is 0 Å². The van der Waals surface area contributed by atoms with Crippen LogP contribution in [0.1, 0.15) is 30.8 Å². The predicted octanol–water partition coefficient (Wildman–Crippen LogP) is 3.33. The van der Waals surface area contributed by atoms with Crippen LogP contribution in [0.5, 0.6) is 0 Å². The van der Waals surface area contributed by atoms with Crippen molar-refractivity contribution in [3.63, 3.8) is 0 Å². The minimum absolute atomic E-state index is 0.472. The van der Waals surface area contributed by atoms with Crippen molar-refractivity contribution in [2.75, 3.05) is 0 Å². The third kappa shape index (κ3) is 4.40. The lowest BCUT2D eigenvalue weighted by atomic mass is 10.1. The van der Waals surface area contributed by atoms with Crippen molar-refractivity contribution in [2.45, 2.75) is 32.9 Å². The highest BCUT2D eigenvalue weighted by molar-refractivity contribution is 9.10. The van der Waals surface area contributed by atoms with Crippen molar-refractivity contribution in [2.24, 2.45) is 0 Å². The number of rotatable bonds is 5. The van der Waals surface area contributed by atoms with Crippen LogP contribution in [0, 0.1) is 0 Å². The number of nitrogens with one attached hydrogen (secondary N) is 1. The summed E-state index contributed by atoms with van der Waals surface area (Å²) in [4.78, 5) is 8.84. The van der Waals surface area contributed by atoms with Crippen LogP contribution in [0.3, 0.4) is 0 Å². The molecule has 3 nitrogen and oxygen atoms in total. The smallest absolute Gasteiger partial charge is 0.132 e. The molecule has 0 aliphatic heterocycles. The minimum atomic E-state index is 0.472. The number of aromatic nitrogens is 2. The van der Waals surface area contributed by atoms with Crippen LogP contribution in [0.15, 0.2) is 41.1 Å². The SMILES string of the molecule is CC(C)NCc1cnc(Cc2ccccc2Br)nc1. The molecule has 1 N–H and O–H groups in total. The predicted molar refractivity (Wildman–Crippen MR) is 81.0 cm³/mol. The molecule has 0 fully saturated rings. The Kier molecular flexibility index (Phi) is 5.05. The lowest BCUT2D eigenvalue weighted by Crippen LogP contribution is -2.22. The average Bonchev–Trinajstić information content (AvgIpc) is 2.40. The second-order valence-electron chi connectivity index (χ2n) is 4.81. The summed E-state index contributed by atoms with van der Waals surface area (Å²) in [5, 5.41) is 3.35. The Balaban J connectivity index is 2.01. The number of hydrogen-bond donors (Lipinski definition) is 1. The second kappa shape index (κ2) is 6.78. The molecule has 4 heteroatoms. The largest absolute Gasteiger partial charge is 0.310 e. The molecular weight excluding hydrogens is 302 g/mol. The maximum atomic E-state index is 4.42. The fourth-order valence-corrected chi connectivity index (χ4v) is 2.12. The molecule has 1 heterocycles. The zero-order valence-electron chi connectivity index (χ0n) is 11.2. The number of halogens is 1. The third-order valence-corrected chi connectivity index (χ3v) is 3.55. The Bertz CT molecular complexity index is 523. The molecule has 0 radical (unpaired) electrons. The zero-order chi connectivity index (χ0) is 13.7. The van der Waals surface area contributed by atoms with Gasteiger partial charge in [0.05, 0.1) is 0 Å². The van der Waals surface area contributed by atoms with E-state index in [4.69, 9.17) is 0 Å². The van der Waals surface area contributed by atoms with Gasteiger partial charge < -0.3 is 5.32 Å². The van der Waals surface area contributed by atoms with Crippen LogP contribution >= 0.6 is 15.9 Å². The molecule has 0 amide bonds. The zero-order valence-corrected chi connectivity index (χ0v) is 12.8. The molecule has 0 unspecified atom stereocenters. The van der Waals surface area contributed by atoms with Crippen LogP contribution in [0.25, 0.3) is 0 Å². The molecule has 0 bridgehead atoms. The van der Waals surface area contributed by atoms with Gasteiger partial charge in [-0.1, -0.05) is 48.0 Å². The van der Waals surface area contributed by atoms with Crippen molar-refractivity contribution >= 4 is 15.9 Å². The molecule has 19 heavy (non-hydrogen) atoms. The summed E-state index contributed by atoms with van der Waals surface area (Å²) in [6.45, 7) is 5.07. The molecule has 100 valence electrons. The van der Waals surface area contributed by atoms with Crippen LogP contribution in [0.4, 0.5) is 0 Å². The van der Waals surface area contributed by atoms with Gasteiger partial charge in [0, 0.05) is 41.4 Å². The van der Waals surface area contributed by atoms with E-state index in [0.717, 1.165) is 28.8 Å². The van der Waals surface area contributed by atoms with Gasteiger partial charge in [-0.3, -0.25) is 0 Å². The first-order chi connectivity index (χ1) is 9.15. The van der Waals surface area contributed by atoms with E-state index < -0.39 is 0 Å². The molecule has 2 aromatic rings. The van der Waals surface area contributed by atoms with E-state index in [1.54, 1.807) is 0 Å². The normalized spacial score (nSPS) is 10.9. The first-order valence-corrected chi connectivity index (χ1v) is 7.21.